The van der Waals surface area contributed by atoms with Crippen molar-refractivity contribution in [3.63, 3.8) is 0 Å². The maximum atomic E-state index is 13.8. The summed E-state index contributed by atoms with van der Waals surface area (Å²) >= 11 is 0. The molecule has 4 amide bonds. The fraction of sp³-hybridized carbons (Fsp3) is 0.344. The van der Waals surface area contributed by atoms with Gasteiger partial charge in [0.05, 0.1) is 24.9 Å². The number of carbonyl (C=O) groups excluding carboxylic acids is 4. The Kier molecular flexibility index (Phi) is 9.72. The van der Waals surface area contributed by atoms with Crippen molar-refractivity contribution in [1.82, 2.24) is 20.5 Å². The van der Waals surface area contributed by atoms with Crippen LogP contribution in [0, 0.1) is 0 Å². The Morgan fingerprint density at radius 1 is 1.14 bits per heavy atom. The van der Waals surface area contributed by atoms with Crippen molar-refractivity contribution in [2.75, 3.05) is 20.2 Å². The number of hydrogen-bond donors (Lipinski definition) is 3. The molecular weight excluding hydrogens is 566 g/mol. The van der Waals surface area contributed by atoms with Gasteiger partial charge in [0, 0.05) is 36.0 Å². The lowest BCUT2D eigenvalue weighted by Crippen LogP contribution is -2.57. The van der Waals surface area contributed by atoms with Crippen molar-refractivity contribution in [3.05, 3.63) is 67.3 Å². The zero-order valence-electron chi connectivity index (χ0n) is 25.2. The molecule has 0 aliphatic carbocycles. The Bertz CT molecular complexity index is 1550. The molecule has 12 heteroatoms. The molecule has 12 nitrogen and oxygen atoms in total. The van der Waals surface area contributed by atoms with Crippen LogP contribution >= 0.6 is 0 Å². The summed E-state index contributed by atoms with van der Waals surface area (Å²) in [5, 5.41) is 5.72. The molecule has 0 radical (unpaired) electrons. The first-order valence-electron chi connectivity index (χ1n) is 14.1. The summed E-state index contributed by atoms with van der Waals surface area (Å²) in [4.78, 5) is 56.8. The van der Waals surface area contributed by atoms with Crippen molar-refractivity contribution in [2.24, 2.45) is 5.73 Å². The molecule has 2 aromatic carbocycles. The van der Waals surface area contributed by atoms with E-state index in [0.717, 1.165) is 11.6 Å². The van der Waals surface area contributed by atoms with Crippen LogP contribution in [0.1, 0.15) is 27.2 Å². The van der Waals surface area contributed by atoms with Crippen molar-refractivity contribution >= 4 is 34.7 Å². The van der Waals surface area contributed by atoms with Crippen molar-refractivity contribution in [1.29, 1.82) is 0 Å². The van der Waals surface area contributed by atoms with E-state index in [2.05, 4.69) is 17.2 Å². The highest BCUT2D eigenvalue weighted by molar-refractivity contribution is 5.93. The number of carbonyl (C=O) groups is 4. The normalized spacial score (nSPS) is 17.0. The standard InChI is InChI=1S/C32H37N5O7/c1-6-28(38)34-17-25(36-31(41)44-32(2,3)4)30(40)37-18-21(15-26(37)29(33)39)43-27-16-23(19-10-8-7-9-11-19)35-24-14-20(42-5)12-13-22(24)27/h6-14,16,21,25-26H,1,15,17-18H2,2-5H3,(H2,33,39)(H,34,38)(H,36,41)/t21-,25+,26+/m1/s1. The van der Waals surface area contributed by atoms with Gasteiger partial charge in [-0.3, -0.25) is 14.4 Å². The van der Waals surface area contributed by atoms with Crippen LogP contribution < -0.4 is 25.8 Å². The number of ether oxygens (including phenoxy) is 3. The minimum absolute atomic E-state index is 0.00498. The van der Waals surface area contributed by atoms with E-state index in [1.807, 2.05) is 42.5 Å². The molecule has 2 heterocycles. The molecule has 0 spiro atoms. The molecular formula is C32H37N5O7. The summed E-state index contributed by atoms with van der Waals surface area (Å²) in [6.45, 7) is 8.16. The second-order valence-corrected chi connectivity index (χ2v) is 11.3. The summed E-state index contributed by atoms with van der Waals surface area (Å²) in [6, 6.07) is 14.5. The van der Waals surface area contributed by atoms with Crippen LogP contribution in [0.25, 0.3) is 22.2 Å². The summed E-state index contributed by atoms with van der Waals surface area (Å²) < 4.78 is 17.2. The van der Waals surface area contributed by atoms with Crippen LogP contribution in [0.3, 0.4) is 0 Å². The quantitative estimate of drug-likeness (QED) is 0.298. The van der Waals surface area contributed by atoms with Gasteiger partial charge in [0.1, 0.15) is 35.3 Å². The number of pyridine rings is 1. The van der Waals surface area contributed by atoms with Gasteiger partial charge in [0.25, 0.3) is 0 Å². The van der Waals surface area contributed by atoms with Gasteiger partial charge in [-0.1, -0.05) is 36.9 Å². The number of alkyl carbamates (subject to hydrolysis) is 1. The third kappa shape index (κ3) is 7.82. The SMILES string of the molecule is C=CC(=O)NC[C@H](NC(=O)OC(C)(C)C)C(=O)N1C[C@H](Oc2cc(-c3ccccc3)nc3cc(OC)ccc23)C[C@H]1C(N)=O. The molecule has 0 unspecified atom stereocenters. The molecule has 1 aromatic heterocycles. The fourth-order valence-corrected chi connectivity index (χ4v) is 4.86. The zero-order valence-corrected chi connectivity index (χ0v) is 25.2. The first-order valence-corrected chi connectivity index (χ1v) is 14.1. The zero-order chi connectivity index (χ0) is 32.0. The number of methoxy groups -OCH3 is 1. The Labute approximate surface area is 255 Å². The van der Waals surface area contributed by atoms with E-state index in [9.17, 15) is 19.2 Å². The molecule has 1 saturated heterocycles. The van der Waals surface area contributed by atoms with E-state index in [1.54, 1.807) is 40.0 Å². The van der Waals surface area contributed by atoms with E-state index in [1.165, 1.54) is 4.90 Å². The molecule has 1 aliphatic heterocycles. The Balaban J connectivity index is 1.63. The number of primary amides is 1. The first-order chi connectivity index (χ1) is 20.9. The van der Waals surface area contributed by atoms with Crippen molar-refractivity contribution in [2.45, 2.75) is 51.0 Å². The lowest BCUT2D eigenvalue weighted by Gasteiger charge is -2.28. The summed E-state index contributed by atoms with van der Waals surface area (Å²) in [5.41, 5.74) is 7.07. The highest BCUT2D eigenvalue weighted by Gasteiger charge is 2.42. The fourth-order valence-electron chi connectivity index (χ4n) is 4.86. The van der Waals surface area contributed by atoms with Crippen molar-refractivity contribution < 1.29 is 33.4 Å². The third-order valence-corrected chi connectivity index (χ3v) is 6.87. The summed E-state index contributed by atoms with van der Waals surface area (Å²) in [5.74, 6) is -0.784. The van der Waals surface area contributed by atoms with E-state index in [4.69, 9.17) is 24.9 Å². The van der Waals surface area contributed by atoms with Gasteiger partial charge in [-0.2, -0.15) is 0 Å². The number of fused-ring (bicyclic) bond motifs is 1. The number of aromatic nitrogens is 1. The summed E-state index contributed by atoms with van der Waals surface area (Å²) in [6.07, 6.45) is -0.338. The molecule has 232 valence electrons. The van der Waals surface area contributed by atoms with Gasteiger partial charge in [0.15, 0.2) is 0 Å². The number of likely N-dealkylation sites (tertiary alicyclic amines) is 1. The molecule has 4 N–H and O–H groups in total. The van der Waals surface area contributed by atoms with Gasteiger partial charge in [-0.25, -0.2) is 9.78 Å². The minimum atomic E-state index is -1.26. The molecule has 1 aliphatic rings. The van der Waals surface area contributed by atoms with Gasteiger partial charge < -0.3 is 35.5 Å². The monoisotopic (exact) mass is 603 g/mol. The topological polar surface area (TPSA) is 162 Å². The van der Waals surface area contributed by atoms with Gasteiger partial charge in [-0.05, 0) is 39.0 Å². The van der Waals surface area contributed by atoms with Gasteiger partial charge in [-0.15, -0.1) is 0 Å². The molecule has 0 saturated carbocycles. The molecule has 3 atom stereocenters. The van der Waals surface area contributed by atoms with Crippen LogP contribution in [0.2, 0.25) is 0 Å². The maximum absolute atomic E-state index is 13.8. The third-order valence-electron chi connectivity index (χ3n) is 6.87. The number of amides is 4. The number of nitrogens with two attached hydrogens (primary N) is 1. The molecule has 0 bridgehead atoms. The number of rotatable bonds is 10. The molecule has 4 rings (SSSR count). The summed E-state index contributed by atoms with van der Waals surface area (Å²) in [7, 11) is 1.57. The number of nitrogens with zero attached hydrogens (tertiary/aromatic N) is 2. The molecule has 44 heavy (non-hydrogen) atoms. The number of hydrogen-bond acceptors (Lipinski definition) is 8. The Morgan fingerprint density at radius 3 is 2.50 bits per heavy atom. The largest absolute Gasteiger partial charge is 0.497 e. The predicted molar refractivity (Wildman–Crippen MR) is 164 cm³/mol. The number of benzene rings is 2. The average Bonchev–Trinajstić information content (AvgIpc) is 3.42. The second-order valence-electron chi connectivity index (χ2n) is 11.3. The van der Waals surface area contributed by atoms with Crippen LogP contribution in [0.15, 0.2) is 67.3 Å². The second kappa shape index (κ2) is 13.4. The van der Waals surface area contributed by atoms with Crippen LogP contribution in [0.5, 0.6) is 11.5 Å². The van der Waals surface area contributed by atoms with Crippen LogP contribution in [0.4, 0.5) is 4.79 Å². The smallest absolute Gasteiger partial charge is 0.408 e. The highest BCUT2D eigenvalue weighted by atomic mass is 16.6. The van der Waals surface area contributed by atoms with Crippen molar-refractivity contribution in [3.8, 4) is 22.8 Å². The number of nitrogens with one attached hydrogen (secondary N) is 2. The first kappa shape index (κ1) is 31.8. The lowest BCUT2D eigenvalue weighted by molar-refractivity contribution is -0.139. The van der Waals surface area contributed by atoms with E-state index in [-0.39, 0.29) is 19.5 Å². The van der Waals surface area contributed by atoms with E-state index >= 15 is 0 Å². The molecule has 3 aromatic rings. The Hall–Kier alpha value is -5.13. The lowest BCUT2D eigenvalue weighted by atomic mass is 10.1. The minimum Gasteiger partial charge on any atom is -0.497 e. The van der Waals surface area contributed by atoms with Gasteiger partial charge >= 0.3 is 6.09 Å². The Morgan fingerprint density at radius 2 is 1.86 bits per heavy atom. The molecule has 1 fully saturated rings. The van der Waals surface area contributed by atoms with Crippen LogP contribution in [-0.2, 0) is 19.1 Å². The maximum Gasteiger partial charge on any atom is 0.408 e. The predicted octanol–water partition coefficient (Wildman–Crippen LogP) is 2.94. The highest BCUT2D eigenvalue weighted by Crippen LogP contribution is 2.34. The average molecular weight is 604 g/mol. The van der Waals surface area contributed by atoms with Crippen LogP contribution in [-0.4, -0.2) is 77.7 Å². The van der Waals surface area contributed by atoms with Gasteiger partial charge in [0.2, 0.25) is 17.7 Å². The van der Waals surface area contributed by atoms with E-state index < -0.39 is 47.6 Å². The van der Waals surface area contributed by atoms with E-state index in [0.29, 0.717) is 28.1 Å².